The van der Waals surface area contributed by atoms with Gasteiger partial charge in [0.15, 0.2) is 5.92 Å². The van der Waals surface area contributed by atoms with Crippen molar-refractivity contribution in [3.05, 3.63) is 0 Å². The van der Waals surface area contributed by atoms with E-state index >= 15 is 0 Å². The smallest absolute Gasteiger partial charge is 0.313 e. The molecule has 0 saturated carbocycles. The summed E-state index contributed by atoms with van der Waals surface area (Å²) in [6, 6.07) is -1.59. The Morgan fingerprint density at radius 3 is 1.71 bits per heavy atom. The highest BCUT2D eigenvalue weighted by Crippen LogP contribution is 2.42. The van der Waals surface area contributed by atoms with Crippen LogP contribution in [0.2, 0.25) is 0 Å². The molecule has 0 heterocycles. The maximum Gasteiger partial charge on any atom is 0.401 e. The van der Waals surface area contributed by atoms with Crippen molar-refractivity contribution in [2.45, 2.75) is 77.2 Å². The second kappa shape index (κ2) is 9.54. The summed E-state index contributed by atoms with van der Waals surface area (Å²) >= 11 is 0. The Labute approximate surface area is 122 Å². The lowest BCUT2D eigenvalue weighted by Gasteiger charge is -2.31. The molecule has 1 atom stereocenters. The van der Waals surface area contributed by atoms with E-state index in [1.165, 1.54) is 0 Å². The average molecular weight is 321 g/mol. The molecule has 1 unspecified atom stereocenters. The van der Waals surface area contributed by atoms with E-state index in [0.29, 0.717) is 19.3 Å². The van der Waals surface area contributed by atoms with Crippen LogP contribution in [0.4, 0.5) is 26.3 Å². The highest BCUT2D eigenvalue weighted by molar-refractivity contribution is 4.87. The molecule has 7 heteroatoms. The van der Waals surface area contributed by atoms with Gasteiger partial charge >= 0.3 is 12.4 Å². The number of unbranched alkanes of at least 4 members (excludes halogenated alkanes) is 4. The average Bonchev–Trinajstić information content (AvgIpc) is 2.31. The van der Waals surface area contributed by atoms with Crippen molar-refractivity contribution in [3.8, 4) is 0 Å². The van der Waals surface area contributed by atoms with Crippen LogP contribution < -0.4 is 5.32 Å². The summed E-state index contributed by atoms with van der Waals surface area (Å²) in [6.45, 7) is 3.86. The summed E-state index contributed by atoms with van der Waals surface area (Å²) in [5, 5.41) is 2.43. The van der Waals surface area contributed by atoms with Gasteiger partial charge < -0.3 is 5.32 Å². The molecular formula is C14H25F6N. The number of alkyl halides is 6. The zero-order chi connectivity index (χ0) is 16.5. The van der Waals surface area contributed by atoms with Gasteiger partial charge in [0.1, 0.15) is 0 Å². The monoisotopic (exact) mass is 321 g/mol. The minimum atomic E-state index is -5.27. The Morgan fingerprint density at radius 2 is 1.29 bits per heavy atom. The Bertz CT molecular complexity index is 247. The lowest BCUT2D eigenvalue weighted by molar-refractivity contribution is -0.292. The molecule has 0 saturated heterocycles. The third-order valence-corrected chi connectivity index (χ3v) is 3.38. The van der Waals surface area contributed by atoms with E-state index in [9.17, 15) is 26.3 Å². The predicted octanol–water partition coefficient (Wildman–Crippen LogP) is 5.46. The van der Waals surface area contributed by atoms with Gasteiger partial charge in [0.25, 0.3) is 0 Å². The maximum absolute atomic E-state index is 12.8. The van der Waals surface area contributed by atoms with Crippen LogP contribution in [0.3, 0.4) is 0 Å². The van der Waals surface area contributed by atoms with Gasteiger partial charge in [0.2, 0.25) is 0 Å². The number of hydrogen-bond acceptors (Lipinski definition) is 1. The van der Waals surface area contributed by atoms with E-state index in [1.54, 1.807) is 6.92 Å². The minimum Gasteiger partial charge on any atom is -0.313 e. The molecule has 0 amide bonds. The van der Waals surface area contributed by atoms with Gasteiger partial charge in [-0.05, 0) is 19.4 Å². The summed E-state index contributed by atoms with van der Waals surface area (Å²) in [5.41, 5.74) is 0. The fourth-order valence-corrected chi connectivity index (χ4v) is 2.33. The van der Waals surface area contributed by atoms with Gasteiger partial charge in [-0.1, -0.05) is 46.0 Å². The number of halogens is 6. The number of hydrogen-bond donors (Lipinski definition) is 1. The van der Waals surface area contributed by atoms with E-state index < -0.39 is 24.3 Å². The van der Waals surface area contributed by atoms with Crippen molar-refractivity contribution in [1.29, 1.82) is 0 Å². The molecule has 0 rings (SSSR count). The molecule has 0 spiro atoms. The van der Waals surface area contributed by atoms with Crippen molar-refractivity contribution in [1.82, 2.24) is 5.32 Å². The van der Waals surface area contributed by atoms with Crippen LogP contribution in [-0.4, -0.2) is 24.9 Å². The standard InChI is InChI=1S/C14H25F6N/c1-3-5-6-7-8-9-11(21-10-4-2)12(13(15,16)17)14(18,19)20/h11-12,21H,3-10H2,1-2H3. The van der Waals surface area contributed by atoms with Crippen molar-refractivity contribution < 1.29 is 26.3 Å². The van der Waals surface area contributed by atoms with Crippen LogP contribution in [0, 0.1) is 5.92 Å². The Morgan fingerprint density at radius 1 is 0.762 bits per heavy atom. The first-order valence-electron chi connectivity index (χ1n) is 7.51. The molecule has 0 aliphatic heterocycles. The molecule has 0 aromatic carbocycles. The van der Waals surface area contributed by atoms with Gasteiger partial charge in [-0.15, -0.1) is 0 Å². The van der Waals surface area contributed by atoms with Crippen LogP contribution in [0.25, 0.3) is 0 Å². The lowest BCUT2D eigenvalue weighted by atomic mass is 9.92. The molecule has 0 aromatic heterocycles. The van der Waals surface area contributed by atoms with Gasteiger partial charge in [0, 0.05) is 6.04 Å². The van der Waals surface area contributed by atoms with Crippen LogP contribution >= 0.6 is 0 Å². The highest BCUT2D eigenvalue weighted by atomic mass is 19.4. The number of nitrogens with one attached hydrogen (secondary N) is 1. The van der Waals surface area contributed by atoms with Crippen LogP contribution in [0.1, 0.15) is 58.8 Å². The van der Waals surface area contributed by atoms with Gasteiger partial charge in [-0.25, -0.2) is 0 Å². The van der Waals surface area contributed by atoms with Crippen molar-refractivity contribution in [3.63, 3.8) is 0 Å². The lowest BCUT2D eigenvalue weighted by Crippen LogP contribution is -2.51. The molecule has 0 aliphatic rings. The van der Waals surface area contributed by atoms with Crippen molar-refractivity contribution in [2.24, 2.45) is 5.92 Å². The first-order chi connectivity index (χ1) is 9.64. The first-order valence-corrected chi connectivity index (χ1v) is 7.51. The zero-order valence-electron chi connectivity index (χ0n) is 12.6. The molecule has 128 valence electrons. The summed E-state index contributed by atoms with van der Waals surface area (Å²) in [6.07, 6.45) is -6.33. The second-order valence-corrected chi connectivity index (χ2v) is 5.32. The summed E-state index contributed by atoms with van der Waals surface area (Å²) in [4.78, 5) is 0. The topological polar surface area (TPSA) is 12.0 Å². The minimum absolute atomic E-state index is 0.104. The molecule has 0 radical (unpaired) electrons. The van der Waals surface area contributed by atoms with Gasteiger partial charge in [-0.3, -0.25) is 0 Å². The van der Waals surface area contributed by atoms with E-state index in [2.05, 4.69) is 5.32 Å². The third kappa shape index (κ3) is 8.53. The fourth-order valence-electron chi connectivity index (χ4n) is 2.33. The second-order valence-electron chi connectivity index (χ2n) is 5.32. The van der Waals surface area contributed by atoms with Crippen LogP contribution in [-0.2, 0) is 0 Å². The molecule has 21 heavy (non-hydrogen) atoms. The number of rotatable bonds is 10. The van der Waals surface area contributed by atoms with E-state index in [1.807, 2.05) is 6.92 Å². The van der Waals surface area contributed by atoms with Crippen molar-refractivity contribution in [2.75, 3.05) is 6.54 Å². The SMILES string of the molecule is CCCCCCCC(NCCC)C(C(F)(F)F)C(F)(F)F. The Kier molecular flexibility index (Phi) is 9.33. The Hall–Kier alpha value is -0.460. The quantitative estimate of drug-likeness (QED) is 0.416. The van der Waals surface area contributed by atoms with Gasteiger partial charge in [0.05, 0.1) is 0 Å². The van der Waals surface area contributed by atoms with Gasteiger partial charge in [-0.2, -0.15) is 26.3 Å². The molecule has 0 bridgehead atoms. The normalized spacial score (nSPS) is 14.7. The van der Waals surface area contributed by atoms with Crippen LogP contribution in [0.15, 0.2) is 0 Å². The molecule has 1 nitrogen and oxygen atoms in total. The Balaban J connectivity index is 4.74. The summed E-state index contributed by atoms with van der Waals surface area (Å²) in [7, 11) is 0. The first kappa shape index (κ1) is 20.5. The molecular weight excluding hydrogens is 296 g/mol. The highest BCUT2D eigenvalue weighted by Gasteiger charge is 2.59. The third-order valence-electron chi connectivity index (χ3n) is 3.38. The maximum atomic E-state index is 12.8. The van der Waals surface area contributed by atoms with E-state index in [0.717, 1.165) is 19.3 Å². The molecule has 0 aromatic rings. The van der Waals surface area contributed by atoms with Crippen LogP contribution in [0.5, 0.6) is 0 Å². The predicted molar refractivity (Wildman–Crippen MR) is 71.1 cm³/mol. The van der Waals surface area contributed by atoms with E-state index in [4.69, 9.17) is 0 Å². The molecule has 0 fully saturated rings. The largest absolute Gasteiger partial charge is 0.401 e. The fraction of sp³-hybridized carbons (Fsp3) is 1.00. The summed E-state index contributed by atoms with van der Waals surface area (Å²) < 4.78 is 76.6. The zero-order valence-corrected chi connectivity index (χ0v) is 12.6. The van der Waals surface area contributed by atoms with E-state index in [-0.39, 0.29) is 13.0 Å². The summed E-state index contributed by atoms with van der Waals surface area (Å²) in [5.74, 6) is -3.29. The molecule has 0 aliphatic carbocycles. The molecule has 1 N–H and O–H groups in total. The van der Waals surface area contributed by atoms with Crippen molar-refractivity contribution >= 4 is 0 Å².